The summed E-state index contributed by atoms with van der Waals surface area (Å²) in [6, 6.07) is 1.34. The average molecular weight is 170 g/mol. The number of nitrogens with one attached hydrogen (secondary N) is 1. The van der Waals surface area contributed by atoms with Crippen molar-refractivity contribution in [3.05, 3.63) is 0 Å². The minimum Gasteiger partial charge on any atom is -0.329 e. The lowest BCUT2D eigenvalue weighted by molar-refractivity contribution is 0.412. The molecule has 0 saturated heterocycles. The molecule has 2 nitrogen and oxygen atoms in total. The smallest absolute Gasteiger partial charge is 0.0192 e. The van der Waals surface area contributed by atoms with Crippen LogP contribution in [0.4, 0.5) is 0 Å². The van der Waals surface area contributed by atoms with Gasteiger partial charge in [0.05, 0.1) is 0 Å². The van der Waals surface area contributed by atoms with Gasteiger partial charge in [-0.15, -0.1) is 0 Å². The molecule has 1 aliphatic carbocycles. The van der Waals surface area contributed by atoms with Crippen LogP contribution in [0.3, 0.4) is 0 Å². The molecule has 0 bridgehead atoms. The highest BCUT2D eigenvalue weighted by molar-refractivity contribution is 4.78. The molecule has 0 aliphatic heterocycles. The first-order chi connectivity index (χ1) is 5.86. The van der Waals surface area contributed by atoms with Gasteiger partial charge >= 0.3 is 0 Å². The van der Waals surface area contributed by atoms with Gasteiger partial charge < -0.3 is 11.1 Å². The maximum absolute atomic E-state index is 5.67. The van der Waals surface area contributed by atoms with E-state index in [0.29, 0.717) is 6.04 Å². The van der Waals surface area contributed by atoms with Crippen molar-refractivity contribution in [1.29, 1.82) is 0 Å². The highest BCUT2D eigenvalue weighted by Gasteiger charge is 2.17. The van der Waals surface area contributed by atoms with E-state index in [0.717, 1.165) is 12.6 Å². The first-order valence-electron chi connectivity index (χ1n) is 5.33. The molecule has 2 heteroatoms. The monoisotopic (exact) mass is 170 g/mol. The van der Waals surface area contributed by atoms with Gasteiger partial charge in [-0.1, -0.05) is 26.2 Å². The van der Waals surface area contributed by atoms with Crippen molar-refractivity contribution >= 4 is 0 Å². The van der Waals surface area contributed by atoms with Gasteiger partial charge in [0.15, 0.2) is 0 Å². The normalized spacial score (nSPS) is 21.5. The van der Waals surface area contributed by atoms with E-state index in [9.17, 15) is 0 Å². The first kappa shape index (κ1) is 10.0. The summed E-state index contributed by atoms with van der Waals surface area (Å²) in [4.78, 5) is 0. The predicted octanol–water partition coefficient (Wildman–Crippen LogP) is 1.65. The van der Waals surface area contributed by atoms with Crippen molar-refractivity contribution in [2.75, 3.05) is 6.54 Å². The molecule has 3 N–H and O–H groups in total. The molecule has 0 aromatic rings. The molecule has 1 rings (SSSR count). The zero-order valence-electron chi connectivity index (χ0n) is 8.18. The lowest BCUT2D eigenvalue weighted by Crippen LogP contribution is -2.41. The average Bonchev–Trinajstić information content (AvgIpc) is 2.56. The quantitative estimate of drug-likeness (QED) is 0.658. The highest BCUT2D eigenvalue weighted by atomic mass is 15.0. The second-order valence-corrected chi connectivity index (χ2v) is 3.87. The van der Waals surface area contributed by atoms with Gasteiger partial charge in [0.1, 0.15) is 0 Å². The maximum atomic E-state index is 5.67. The van der Waals surface area contributed by atoms with E-state index >= 15 is 0 Å². The van der Waals surface area contributed by atoms with Crippen molar-refractivity contribution in [3.63, 3.8) is 0 Å². The van der Waals surface area contributed by atoms with E-state index in [-0.39, 0.29) is 0 Å². The van der Waals surface area contributed by atoms with E-state index in [1.165, 1.54) is 38.5 Å². The standard InChI is InChI=1S/C10H22N2/c1-2-5-10(8-11)12-9-6-3-4-7-9/h9-10,12H,2-8,11H2,1H3. The van der Waals surface area contributed by atoms with Crippen LogP contribution in [-0.2, 0) is 0 Å². The van der Waals surface area contributed by atoms with Crippen molar-refractivity contribution in [3.8, 4) is 0 Å². The fourth-order valence-corrected chi connectivity index (χ4v) is 2.04. The molecule has 0 spiro atoms. The van der Waals surface area contributed by atoms with E-state index in [4.69, 9.17) is 5.73 Å². The molecule has 0 aromatic carbocycles. The third kappa shape index (κ3) is 3.11. The van der Waals surface area contributed by atoms with Crippen LogP contribution in [0.25, 0.3) is 0 Å². The van der Waals surface area contributed by atoms with E-state index in [2.05, 4.69) is 12.2 Å². The van der Waals surface area contributed by atoms with Gasteiger partial charge in [-0.2, -0.15) is 0 Å². The Balaban J connectivity index is 2.16. The Morgan fingerprint density at radius 1 is 1.42 bits per heavy atom. The number of nitrogens with two attached hydrogens (primary N) is 1. The Hall–Kier alpha value is -0.0800. The molecular weight excluding hydrogens is 148 g/mol. The van der Waals surface area contributed by atoms with Gasteiger partial charge in [-0.05, 0) is 19.3 Å². The van der Waals surface area contributed by atoms with E-state index in [1.54, 1.807) is 0 Å². The molecule has 1 unspecified atom stereocenters. The highest BCUT2D eigenvalue weighted by Crippen LogP contribution is 2.18. The summed E-state index contributed by atoms with van der Waals surface area (Å²) in [5, 5.41) is 3.64. The topological polar surface area (TPSA) is 38.0 Å². The Morgan fingerprint density at radius 2 is 2.08 bits per heavy atom. The van der Waals surface area contributed by atoms with Crippen LogP contribution in [0.5, 0.6) is 0 Å². The van der Waals surface area contributed by atoms with Crippen molar-refractivity contribution in [2.45, 2.75) is 57.5 Å². The Labute approximate surface area is 75.9 Å². The third-order valence-electron chi connectivity index (χ3n) is 2.75. The molecule has 1 aliphatic rings. The fraction of sp³-hybridized carbons (Fsp3) is 1.00. The second-order valence-electron chi connectivity index (χ2n) is 3.87. The molecular formula is C10H22N2. The predicted molar refractivity (Wildman–Crippen MR) is 53.1 cm³/mol. The molecule has 0 amide bonds. The zero-order valence-corrected chi connectivity index (χ0v) is 8.18. The molecule has 1 fully saturated rings. The summed E-state index contributed by atoms with van der Waals surface area (Å²) >= 11 is 0. The van der Waals surface area contributed by atoms with Crippen LogP contribution in [0, 0.1) is 0 Å². The maximum Gasteiger partial charge on any atom is 0.0192 e. The van der Waals surface area contributed by atoms with Crippen molar-refractivity contribution in [2.24, 2.45) is 5.73 Å². The van der Waals surface area contributed by atoms with E-state index < -0.39 is 0 Å². The second kappa shape index (κ2) is 5.55. The van der Waals surface area contributed by atoms with Crippen LogP contribution < -0.4 is 11.1 Å². The minimum absolute atomic E-state index is 0.568. The molecule has 0 aromatic heterocycles. The summed E-state index contributed by atoms with van der Waals surface area (Å²) < 4.78 is 0. The molecule has 1 atom stereocenters. The Bertz CT molecular complexity index is 108. The van der Waals surface area contributed by atoms with Crippen LogP contribution in [0.15, 0.2) is 0 Å². The Morgan fingerprint density at radius 3 is 2.58 bits per heavy atom. The fourth-order valence-electron chi connectivity index (χ4n) is 2.04. The van der Waals surface area contributed by atoms with Crippen LogP contribution >= 0.6 is 0 Å². The summed E-state index contributed by atoms with van der Waals surface area (Å²) in [5.41, 5.74) is 5.67. The molecule has 72 valence electrons. The number of hydrogen-bond donors (Lipinski definition) is 2. The number of hydrogen-bond acceptors (Lipinski definition) is 2. The first-order valence-corrected chi connectivity index (χ1v) is 5.33. The molecule has 12 heavy (non-hydrogen) atoms. The largest absolute Gasteiger partial charge is 0.329 e. The van der Waals surface area contributed by atoms with E-state index in [1.807, 2.05) is 0 Å². The van der Waals surface area contributed by atoms with Gasteiger partial charge in [0.25, 0.3) is 0 Å². The van der Waals surface area contributed by atoms with Gasteiger partial charge in [-0.3, -0.25) is 0 Å². The van der Waals surface area contributed by atoms with Gasteiger partial charge in [0.2, 0.25) is 0 Å². The van der Waals surface area contributed by atoms with Crippen LogP contribution in [-0.4, -0.2) is 18.6 Å². The molecule has 0 heterocycles. The van der Waals surface area contributed by atoms with Crippen LogP contribution in [0.2, 0.25) is 0 Å². The van der Waals surface area contributed by atoms with Crippen molar-refractivity contribution < 1.29 is 0 Å². The van der Waals surface area contributed by atoms with Crippen LogP contribution in [0.1, 0.15) is 45.4 Å². The lowest BCUT2D eigenvalue weighted by atomic mass is 10.1. The summed E-state index contributed by atoms with van der Waals surface area (Å²) in [7, 11) is 0. The summed E-state index contributed by atoms with van der Waals surface area (Å²) in [6.07, 6.45) is 8.00. The minimum atomic E-state index is 0.568. The third-order valence-corrected chi connectivity index (χ3v) is 2.75. The molecule has 0 radical (unpaired) electrons. The number of rotatable bonds is 5. The lowest BCUT2D eigenvalue weighted by Gasteiger charge is -2.20. The van der Waals surface area contributed by atoms with Gasteiger partial charge in [-0.25, -0.2) is 0 Å². The Kier molecular flexibility index (Phi) is 4.62. The summed E-state index contributed by atoms with van der Waals surface area (Å²) in [5.74, 6) is 0. The summed E-state index contributed by atoms with van der Waals surface area (Å²) in [6.45, 7) is 3.02. The SMILES string of the molecule is CCCC(CN)NC1CCCC1. The van der Waals surface area contributed by atoms with Gasteiger partial charge in [0, 0.05) is 18.6 Å². The molecule has 1 saturated carbocycles. The zero-order chi connectivity index (χ0) is 8.81. The van der Waals surface area contributed by atoms with Crippen molar-refractivity contribution in [1.82, 2.24) is 5.32 Å².